The van der Waals surface area contributed by atoms with Gasteiger partial charge in [-0.25, -0.2) is 9.37 Å². The Morgan fingerprint density at radius 2 is 2.14 bits per heavy atom. The molecule has 1 N–H and O–H groups in total. The van der Waals surface area contributed by atoms with Gasteiger partial charge in [-0.15, -0.1) is 0 Å². The molecule has 1 aromatic heterocycles. The predicted molar refractivity (Wildman–Crippen MR) is 83.0 cm³/mol. The molecule has 1 aliphatic carbocycles. The van der Waals surface area contributed by atoms with Gasteiger partial charge in [0.15, 0.2) is 11.6 Å². The van der Waals surface area contributed by atoms with Crippen LogP contribution < -0.4 is 10.2 Å². The van der Waals surface area contributed by atoms with Crippen molar-refractivity contribution in [2.75, 3.05) is 25.2 Å². The minimum atomic E-state index is -0.211. The third-order valence-electron chi connectivity index (χ3n) is 3.56. The van der Waals surface area contributed by atoms with Crippen molar-refractivity contribution in [3.8, 4) is 0 Å². The molecule has 0 amide bonds. The van der Waals surface area contributed by atoms with E-state index in [1.807, 2.05) is 4.90 Å². The lowest BCUT2D eigenvalue weighted by molar-refractivity contribution is 0.204. The molecule has 0 unspecified atom stereocenters. The van der Waals surface area contributed by atoms with E-state index >= 15 is 0 Å². The standard InChI is InChI=1S/C16H26FN3O/c1-16(2,3)19-11-12-7-8-18-15(14(12)17)20(9-10-21-4)13-5-6-13/h7-8,13,19H,5-6,9-11H2,1-4H3. The molecule has 118 valence electrons. The van der Waals surface area contributed by atoms with E-state index < -0.39 is 0 Å². The lowest BCUT2D eigenvalue weighted by Crippen LogP contribution is -2.36. The molecule has 21 heavy (non-hydrogen) atoms. The highest BCUT2D eigenvalue weighted by Gasteiger charge is 2.31. The Morgan fingerprint density at radius 3 is 2.71 bits per heavy atom. The van der Waals surface area contributed by atoms with Crippen LogP contribution in [-0.4, -0.2) is 36.8 Å². The molecule has 1 heterocycles. The maximum absolute atomic E-state index is 14.7. The summed E-state index contributed by atoms with van der Waals surface area (Å²) in [5.41, 5.74) is 0.625. The summed E-state index contributed by atoms with van der Waals surface area (Å²) in [7, 11) is 1.67. The largest absolute Gasteiger partial charge is 0.383 e. The molecular formula is C16H26FN3O. The quantitative estimate of drug-likeness (QED) is 0.839. The van der Waals surface area contributed by atoms with Crippen LogP contribution in [-0.2, 0) is 11.3 Å². The van der Waals surface area contributed by atoms with Gasteiger partial charge < -0.3 is 15.0 Å². The van der Waals surface area contributed by atoms with Crippen molar-refractivity contribution in [1.82, 2.24) is 10.3 Å². The second-order valence-electron chi connectivity index (χ2n) is 6.63. The Kier molecular flexibility index (Phi) is 5.17. The van der Waals surface area contributed by atoms with Gasteiger partial charge in [0.05, 0.1) is 6.61 Å². The smallest absolute Gasteiger partial charge is 0.170 e. The summed E-state index contributed by atoms with van der Waals surface area (Å²) in [4.78, 5) is 6.31. The lowest BCUT2D eigenvalue weighted by Gasteiger charge is -2.25. The SMILES string of the molecule is COCCN(c1nccc(CNC(C)(C)C)c1F)C1CC1. The first-order chi connectivity index (χ1) is 9.92. The molecule has 5 heteroatoms. The topological polar surface area (TPSA) is 37.4 Å². The summed E-state index contributed by atoms with van der Waals surface area (Å²) in [6.07, 6.45) is 3.91. The molecule has 1 aliphatic rings. The summed E-state index contributed by atoms with van der Waals surface area (Å²) < 4.78 is 19.9. The number of rotatable bonds is 7. The molecule has 2 rings (SSSR count). The molecule has 0 aromatic carbocycles. The van der Waals surface area contributed by atoms with Gasteiger partial charge in [-0.05, 0) is 39.7 Å². The number of halogens is 1. The highest BCUT2D eigenvalue weighted by atomic mass is 19.1. The lowest BCUT2D eigenvalue weighted by atomic mass is 10.1. The van der Waals surface area contributed by atoms with E-state index in [9.17, 15) is 4.39 Å². The molecule has 1 aromatic rings. The zero-order chi connectivity index (χ0) is 15.5. The second kappa shape index (κ2) is 6.71. The van der Waals surface area contributed by atoms with Crippen LogP contribution in [0.2, 0.25) is 0 Å². The molecule has 0 atom stereocenters. The highest BCUT2D eigenvalue weighted by Crippen LogP contribution is 2.32. The number of nitrogens with one attached hydrogen (secondary N) is 1. The van der Waals surface area contributed by atoms with Crippen LogP contribution >= 0.6 is 0 Å². The minimum absolute atomic E-state index is 0.0396. The normalized spacial score (nSPS) is 15.3. The minimum Gasteiger partial charge on any atom is -0.383 e. The van der Waals surface area contributed by atoms with Crippen LogP contribution in [0.15, 0.2) is 12.3 Å². The number of nitrogens with zero attached hydrogens (tertiary/aromatic N) is 2. The van der Waals surface area contributed by atoms with Crippen LogP contribution in [0.5, 0.6) is 0 Å². The van der Waals surface area contributed by atoms with E-state index in [1.54, 1.807) is 19.4 Å². The average Bonchev–Trinajstić information content (AvgIpc) is 3.23. The van der Waals surface area contributed by atoms with Crippen molar-refractivity contribution in [1.29, 1.82) is 0 Å². The Morgan fingerprint density at radius 1 is 1.43 bits per heavy atom. The van der Waals surface area contributed by atoms with Crippen molar-refractivity contribution < 1.29 is 9.13 Å². The Balaban J connectivity index is 2.15. The first-order valence-electron chi connectivity index (χ1n) is 7.56. The fourth-order valence-corrected chi connectivity index (χ4v) is 2.21. The summed E-state index contributed by atoms with van der Waals surface area (Å²) >= 11 is 0. The fraction of sp³-hybridized carbons (Fsp3) is 0.688. The van der Waals surface area contributed by atoms with Crippen LogP contribution in [0, 0.1) is 5.82 Å². The molecule has 0 radical (unpaired) electrons. The van der Waals surface area contributed by atoms with Crippen LogP contribution in [0.4, 0.5) is 10.2 Å². The first-order valence-corrected chi connectivity index (χ1v) is 7.56. The predicted octanol–water partition coefficient (Wildman–Crippen LogP) is 2.72. The highest BCUT2D eigenvalue weighted by molar-refractivity contribution is 5.45. The number of ether oxygens (including phenoxy) is 1. The third kappa shape index (κ3) is 4.64. The number of anilines is 1. The summed E-state index contributed by atoms with van der Waals surface area (Å²) in [5.74, 6) is 0.250. The van der Waals surface area contributed by atoms with Crippen molar-refractivity contribution >= 4 is 5.82 Å². The van der Waals surface area contributed by atoms with Crippen molar-refractivity contribution in [2.45, 2.75) is 51.7 Å². The van der Waals surface area contributed by atoms with E-state index in [0.29, 0.717) is 37.1 Å². The number of hydrogen-bond acceptors (Lipinski definition) is 4. The third-order valence-corrected chi connectivity index (χ3v) is 3.56. The summed E-state index contributed by atoms with van der Waals surface area (Å²) in [5, 5.41) is 3.32. The van der Waals surface area contributed by atoms with Crippen molar-refractivity contribution in [3.63, 3.8) is 0 Å². The monoisotopic (exact) mass is 295 g/mol. The van der Waals surface area contributed by atoms with Gasteiger partial charge in [0, 0.05) is 43.5 Å². The van der Waals surface area contributed by atoms with Gasteiger partial charge in [0.1, 0.15) is 0 Å². The number of aromatic nitrogens is 1. The van der Waals surface area contributed by atoms with Gasteiger partial charge in [0.2, 0.25) is 0 Å². The van der Waals surface area contributed by atoms with E-state index in [4.69, 9.17) is 4.74 Å². The first kappa shape index (κ1) is 16.2. The summed E-state index contributed by atoms with van der Waals surface area (Å²) in [6.45, 7) is 7.99. The van der Waals surface area contributed by atoms with E-state index in [2.05, 4.69) is 31.1 Å². The van der Waals surface area contributed by atoms with Gasteiger partial charge in [-0.1, -0.05) is 0 Å². The number of methoxy groups -OCH3 is 1. The molecule has 1 saturated carbocycles. The van der Waals surface area contributed by atoms with E-state index in [1.165, 1.54) is 0 Å². The van der Waals surface area contributed by atoms with Crippen LogP contribution in [0.1, 0.15) is 39.2 Å². The molecule has 1 fully saturated rings. The molecule has 4 nitrogen and oxygen atoms in total. The number of hydrogen-bond donors (Lipinski definition) is 1. The molecule has 0 spiro atoms. The zero-order valence-electron chi connectivity index (χ0n) is 13.4. The Bertz CT molecular complexity index is 469. The van der Waals surface area contributed by atoms with Gasteiger partial charge in [-0.3, -0.25) is 0 Å². The molecular weight excluding hydrogens is 269 g/mol. The van der Waals surface area contributed by atoms with Crippen molar-refractivity contribution in [2.24, 2.45) is 0 Å². The van der Waals surface area contributed by atoms with Gasteiger partial charge in [-0.2, -0.15) is 0 Å². The fourth-order valence-electron chi connectivity index (χ4n) is 2.21. The average molecular weight is 295 g/mol. The molecule has 0 bridgehead atoms. The molecule has 0 aliphatic heterocycles. The van der Waals surface area contributed by atoms with Crippen LogP contribution in [0.3, 0.4) is 0 Å². The summed E-state index contributed by atoms with van der Waals surface area (Å²) in [6, 6.07) is 2.16. The Hall–Kier alpha value is -1.20. The van der Waals surface area contributed by atoms with Gasteiger partial charge in [0.25, 0.3) is 0 Å². The van der Waals surface area contributed by atoms with Crippen LogP contribution in [0.25, 0.3) is 0 Å². The van der Waals surface area contributed by atoms with Gasteiger partial charge >= 0.3 is 0 Å². The molecule has 0 saturated heterocycles. The second-order valence-corrected chi connectivity index (χ2v) is 6.63. The maximum Gasteiger partial charge on any atom is 0.170 e. The Labute approximate surface area is 126 Å². The maximum atomic E-state index is 14.7. The van der Waals surface area contributed by atoms with E-state index in [0.717, 1.165) is 12.8 Å². The van der Waals surface area contributed by atoms with E-state index in [-0.39, 0.29) is 11.4 Å². The zero-order valence-corrected chi connectivity index (χ0v) is 13.4. The van der Waals surface area contributed by atoms with Crippen molar-refractivity contribution in [3.05, 3.63) is 23.6 Å². The number of pyridine rings is 1.